The lowest BCUT2D eigenvalue weighted by Gasteiger charge is -2.03. The Balaban J connectivity index is 1.48. The van der Waals surface area contributed by atoms with Crippen LogP contribution in [0.5, 0.6) is 0 Å². The second kappa shape index (κ2) is 5.17. The average Bonchev–Trinajstić information content (AvgIpc) is 3.16. The fourth-order valence-electron chi connectivity index (χ4n) is 2.50. The van der Waals surface area contributed by atoms with Gasteiger partial charge in [-0.05, 0) is 18.2 Å². The highest BCUT2D eigenvalue weighted by Crippen LogP contribution is 2.24. The number of nitrogens with one attached hydrogen (secondary N) is 1. The number of thioether (sulfide) groups is 1. The molecule has 1 N–H and O–H groups in total. The van der Waals surface area contributed by atoms with Crippen LogP contribution in [0.1, 0.15) is 21.9 Å². The molecule has 1 aromatic carbocycles. The van der Waals surface area contributed by atoms with E-state index in [4.69, 9.17) is 4.42 Å². The zero-order chi connectivity index (χ0) is 15.1. The van der Waals surface area contributed by atoms with E-state index >= 15 is 0 Å². The second-order valence-corrected chi connectivity index (χ2v) is 6.22. The third-order valence-electron chi connectivity index (χ3n) is 3.54. The maximum Gasteiger partial charge on any atom is 0.251 e. The molecule has 0 saturated heterocycles. The zero-order valence-electron chi connectivity index (χ0n) is 12.0. The lowest BCUT2D eigenvalue weighted by molar-refractivity contribution is 0.0950. The summed E-state index contributed by atoms with van der Waals surface area (Å²) in [5.41, 5.74) is 2.83. The van der Waals surface area contributed by atoms with E-state index in [2.05, 4.69) is 19.9 Å². The van der Waals surface area contributed by atoms with E-state index in [0.29, 0.717) is 23.6 Å². The summed E-state index contributed by atoms with van der Waals surface area (Å²) in [5.74, 6) is 1.53. The van der Waals surface area contributed by atoms with Crippen LogP contribution in [-0.2, 0) is 13.1 Å². The predicted molar refractivity (Wildman–Crippen MR) is 82.9 cm³/mol. The Morgan fingerprint density at radius 3 is 3.23 bits per heavy atom. The minimum Gasteiger partial charge on any atom is -0.441 e. The van der Waals surface area contributed by atoms with Gasteiger partial charge in [-0.15, -0.1) is 0 Å². The molecule has 4 rings (SSSR count). The van der Waals surface area contributed by atoms with Gasteiger partial charge in [-0.25, -0.2) is 9.97 Å². The quantitative estimate of drug-likeness (QED) is 0.803. The number of hydrogen-bond donors (Lipinski definition) is 1. The Morgan fingerprint density at radius 2 is 2.36 bits per heavy atom. The molecule has 1 aliphatic rings. The Hall–Kier alpha value is -2.28. The van der Waals surface area contributed by atoms with Gasteiger partial charge in [-0.1, -0.05) is 11.8 Å². The van der Waals surface area contributed by atoms with E-state index in [1.807, 2.05) is 6.20 Å². The fraction of sp³-hybridized carbons (Fsp3) is 0.267. The first-order valence-corrected chi connectivity index (χ1v) is 8.02. The van der Waals surface area contributed by atoms with Crippen LogP contribution in [-0.4, -0.2) is 26.2 Å². The molecule has 0 spiro atoms. The number of benzene rings is 1. The number of oxazole rings is 1. The standard InChI is InChI=1S/C15H14N4O2S/c1-9-17-12-3-2-10(6-13(12)21-9)14(20)16-7-11-8-19-4-5-22-15(19)18-11/h2-3,6,8H,4-5,7H2,1H3,(H,16,20). The summed E-state index contributed by atoms with van der Waals surface area (Å²) in [7, 11) is 0. The summed E-state index contributed by atoms with van der Waals surface area (Å²) in [6.45, 7) is 3.20. The molecule has 2 aromatic heterocycles. The summed E-state index contributed by atoms with van der Waals surface area (Å²) in [4.78, 5) is 20.9. The summed E-state index contributed by atoms with van der Waals surface area (Å²) in [6.07, 6.45) is 2.00. The number of aromatic nitrogens is 3. The van der Waals surface area contributed by atoms with Crippen LogP contribution < -0.4 is 5.32 Å². The summed E-state index contributed by atoms with van der Waals surface area (Å²) >= 11 is 1.74. The van der Waals surface area contributed by atoms with E-state index in [1.54, 1.807) is 36.9 Å². The molecule has 3 heterocycles. The summed E-state index contributed by atoms with van der Waals surface area (Å²) in [6, 6.07) is 5.26. The lowest BCUT2D eigenvalue weighted by atomic mass is 10.2. The molecule has 0 bridgehead atoms. The van der Waals surface area contributed by atoms with Crippen molar-refractivity contribution >= 4 is 28.8 Å². The monoisotopic (exact) mass is 314 g/mol. The Morgan fingerprint density at radius 1 is 1.45 bits per heavy atom. The SMILES string of the molecule is Cc1nc2ccc(C(=O)NCc3cn4c(n3)SCC4)cc2o1. The van der Waals surface area contributed by atoms with Crippen LogP contribution in [0, 0.1) is 6.92 Å². The number of amides is 1. The third kappa shape index (κ3) is 2.37. The van der Waals surface area contributed by atoms with Crippen LogP contribution in [0.4, 0.5) is 0 Å². The number of fused-ring (bicyclic) bond motifs is 2. The fourth-order valence-corrected chi connectivity index (χ4v) is 3.46. The molecule has 1 aliphatic heterocycles. The molecule has 0 saturated carbocycles. The number of hydrogen-bond acceptors (Lipinski definition) is 5. The van der Waals surface area contributed by atoms with Crippen molar-refractivity contribution in [2.24, 2.45) is 0 Å². The zero-order valence-corrected chi connectivity index (χ0v) is 12.8. The Bertz CT molecular complexity index is 846. The van der Waals surface area contributed by atoms with Gasteiger partial charge in [0.25, 0.3) is 5.91 Å². The largest absolute Gasteiger partial charge is 0.441 e. The first-order valence-electron chi connectivity index (χ1n) is 7.03. The van der Waals surface area contributed by atoms with E-state index in [0.717, 1.165) is 28.7 Å². The summed E-state index contributed by atoms with van der Waals surface area (Å²) < 4.78 is 7.57. The van der Waals surface area contributed by atoms with Crippen LogP contribution in [0.3, 0.4) is 0 Å². The predicted octanol–water partition coefficient (Wildman–Crippen LogP) is 2.37. The van der Waals surface area contributed by atoms with Gasteiger partial charge in [0.2, 0.25) is 0 Å². The topological polar surface area (TPSA) is 73.0 Å². The van der Waals surface area contributed by atoms with Gasteiger partial charge in [0.1, 0.15) is 5.52 Å². The van der Waals surface area contributed by atoms with Crippen LogP contribution >= 0.6 is 11.8 Å². The van der Waals surface area contributed by atoms with E-state index in [9.17, 15) is 4.79 Å². The highest BCUT2D eigenvalue weighted by Gasteiger charge is 2.15. The maximum atomic E-state index is 12.2. The van der Waals surface area contributed by atoms with Gasteiger partial charge >= 0.3 is 0 Å². The number of rotatable bonds is 3. The molecule has 1 amide bonds. The van der Waals surface area contributed by atoms with Gasteiger partial charge in [0.05, 0.1) is 12.2 Å². The van der Waals surface area contributed by atoms with Gasteiger partial charge in [-0.3, -0.25) is 4.79 Å². The highest BCUT2D eigenvalue weighted by molar-refractivity contribution is 7.99. The molecule has 0 aliphatic carbocycles. The molecule has 0 fully saturated rings. The molecule has 0 unspecified atom stereocenters. The van der Waals surface area contributed by atoms with Crippen molar-refractivity contribution in [2.45, 2.75) is 25.2 Å². The van der Waals surface area contributed by atoms with E-state index < -0.39 is 0 Å². The molecule has 22 heavy (non-hydrogen) atoms. The first kappa shape index (κ1) is 13.4. The van der Waals surface area contributed by atoms with E-state index in [-0.39, 0.29) is 5.91 Å². The lowest BCUT2D eigenvalue weighted by Crippen LogP contribution is -2.22. The van der Waals surface area contributed by atoms with Crippen LogP contribution in [0.15, 0.2) is 34.0 Å². The van der Waals surface area contributed by atoms with Crippen molar-refractivity contribution < 1.29 is 9.21 Å². The minimum absolute atomic E-state index is 0.142. The molecule has 7 heteroatoms. The second-order valence-electron chi connectivity index (χ2n) is 5.15. The van der Waals surface area contributed by atoms with Gasteiger partial charge in [0.15, 0.2) is 16.6 Å². The van der Waals surface area contributed by atoms with Crippen molar-refractivity contribution in [1.29, 1.82) is 0 Å². The molecule has 0 atom stereocenters. The number of carbonyl (C=O) groups excluding carboxylic acids is 1. The van der Waals surface area contributed by atoms with Gasteiger partial charge < -0.3 is 14.3 Å². The van der Waals surface area contributed by atoms with Crippen LogP contribution in [0.25, 0.3) is 11.1 Å². The van der Waals surface area contributed by atoms with Crippen molar-refractivity contribution in [1.82, 2.24) is 19.9 Å². The normalized spacial score (nSPS) is 13.5. The number of imidazole rings is 1. The Kier molecular flexibility index (Phi) is 3.15. The smallest absolute Gasteiger partial charge is 0.251 e. The third-order valence-corrected chi connectivity index (χ3v) is 4.51. The molecular formula is C15H14N4O2S. The number of carbonyl (C=O) groups is 1. The van der Waals surface area contributed by atoms with E-state index in [1.165, 1.54) is 0 Å². The molecule has 3 aromatic rings. The average molecular weight is 314 g/mol. The van der Waals surface area contributed by atoms with Crippen molar-refractivity contribution in [3.05, 3.63) is 41.5 Å². The van der Waals surface area contributed by atoms with Crippen molar-refractivity contribution in [3.63, 3.8) is 0 Å². The number of aryl methyl sites for hydroxylation is 2. The highest BCUT2D eigenvalue weighted by atomic mass is 32.2. The molecule has 112 valence electrons. The van der Waals surface area contributed by atoms with Crippen molar-refractivity contribution in [3.8, 4) is 0 Å². The minimum atomic E-state index is -0.142. The summed E-state index contributed by atoms with van der Waals surface area (Å²) in [5, 5.41) is 3.92. The molecular weight excluding hydrogens is 300 g/mol. The molecule has 6 nitrogen and oxygen atoms in total. The number of nitrogens with zero attached hydrogens (tertiary/aromatic N) is 3. The first-order chi connectivity index (χ1) is 10.7. The van der Waals surface area contributed by atoms with Gasteiger partial charge in [-0.2, -0.15) is 0 Å². The Labute approximate surface area is 130 Å². The van der Waals surface area contributed by atoms with Gasteiger partial charge in [0, 0.05) is 31.0 Å². The maximum absolute atomic E-state index is 12.2. The van der Waals surface area contributed by atoms with Crippen LogP contribution in [0.2, 0.25) is 0 Å². The van der Waals surface area contributed by atoms with Crippen molar-refractivity contribution in [2.75, 3.05) is 5.75 Å². The molecule has 0 radical (unpaired) electrons.